The summed E-state index contributed by atoms with van der Waals surface area (Å²) < 4.78 is 2.32. The van der Waals surface area contributed by atoms with Crippen molar-refractivity contribution in [2.45, 2.75) is 44.5 Å². The van der Waals surface area contributed by atoms with Gasteiger partial charge in [-0.3, -0.25) is 9.69 Å². The number of amides is 1. The second kappa shape index (κ2) is 9.96. The van der Waals surface area contributed by atoms with E-state index in [-0.39, 0.29) is 5.91 Å². The van der Waals surface area contributed by atoms with Crippen LogP contribution in [0.5, 0.6) is 0 Å². The Morgan fingerprint density at radius 2 is 1.79 bits per heavy atom. The number of benzene rings is 1. The molecule has 6 nitrogen and oxygen atoms in total. The van der Waals surface area contributed by atoms with E-state index in [4.69, 9.17) is 11.6 Å². The number of aryl methyl sites for hydroxylation is 1. The second-order valence-electron chi connectivity index (χ2n) is 7.77. The Morgan fingerprint density at radius 1 is 1.00 bits per heavy atom. The van der Waals surface area contributed by atoms with Gasteiger partial charge in [0.1, 0.15) is 11.6 Å². The number of nitrogens with zero attached hydrogens (tertiary/aromatic N) is 5. The lowest BCUT2D eigenvalue weighted by molar-refractivity contribution is -0.130. The molecule has 0 radical (unpaired) electrons. The standard InChI is InChI=1S/C21H28ClN5OS/c22-18-7-5-17(6-8-18)15-29-16-21(28)26-12-10-25(11-13-26)14-20-24-23-19-4-2-1-3-9-27(19)20/h5-8H,1-4,9-16H2. The minimum Gasteiger partial charge on any atom is -0.339 e. The molecule has 0 saturated carbocycles. The van der Waals surface area contributed by atoms with Gasteiger partial charge in [-0.2, -0.15) is 0 Å². The Kier molecular flexibility index (Phi) is 7.11. The number of hydrogen-bond donors (Lipinski definition) is 0. The Balaban J connectivity index is 1.20. The maximum absolute atomic E-state index is 12.5. The van der Waals surface area contributed by atoms with Gasteiger partial charge in [0.25, 0.3) is 0 Å². The monoisotopic (exact) mass is 433 g/mol. The molecule has 4 rings (SSSR count). The van der Waals surface area contributed by atoms with Crippen LogP contribution in [-0.2, 0) is 30.1 Å². The number of carbonyl (C=O) groups excluding carboxylic acids is 1. The van der Waals surface area contributed by atoms with E-state index in [1.165, 1.54) is 24.8 Å². The van der Waals surface area contributed by atoms with Gasteiger partial charge in [-0.05, 0) is 30.5 Å². The molecule has 29 heavy (non-hydrogen) atoms. The summed E-state index contributed by atoms with van der Waals surface area (Å²) in [6, 6.07) is 7.83. The molecule has 0 unspecified atom stereocenters. The van der Waals surface area contributed by atoms with Crippen molar-refractivity contribution in [2.24, 2.45) is 0 Å². The Bertz CT molecular complexity index is 817. The van der Waals surface area contributed by atoms with Gasteiger partial charge in [0.15, 0.2) is 0 Å². The van der Waals surface area contributed by atoms with Gasteiger partial charge in [0.2, 0.25) is 5.91 Å². The van der Waals surface area contributed by atoms with Crippen molar-refractivity contribution >= 4 is 29.3 Å². The molecular formula is C21H28ClN5OS. The van der Waals surface area contributed by atoms with Crippen LogP contribution in [0, 0.1) is 0 Å². The molecule has 0 N–H and O–H groups in total. The van der Waals surface area contributed by atoms with E-state index in [1.807, 2.05) is 29.2 Å². The topological polar surface area (TPSA) is 54.3 Å². The molecule has 1 aromatic heterocycles. The zero-order chi connectivity index (χ0) is 20.1. The number of halogens is 1. The van der Waals surface area contributed by atoms with Crippen LogP contribution in [0.2, 0.25) is 5.02 Å². The van der Waals surface area contributed by atoms with E-state index < -0.39 is 0 Å². The molecule has 2 aromatic rings. The molecule has 156 valence electrons. The summed E-state index contributed by atoms with van der Waals surface area (Å²) in [5.41, 5.74) is 1.20. The molecule has 2 aliphatic rings. The Labute approximate surface area is 181 Å². The van der Waals surface area contributed by atoms with Gasteiger partial charge in [-0.1, -0.05) is 30.2 Å². The minimum atomic E-state index is 0.236. The lowest BCUT2D eigenvalue weighted by atomic mass is 10.2. The predicted molar refractivity (Wildman–Crippen MR) is 117 cm³/mol. The predicted octanol–water partition coefficient (Wildman–Crippen LogP) is 3.24. The maximum Gasteiger partial charge on any atom is 0.232 e. The smallest absolute Gasteiger partial charge is 0.232 e. The summed E-state index contributed by atoms with van der Waals surface area (Å²) in [4.78, 5) is 16.9. The molecule has 0 aliphatic carbocycles. The third-order valence-corrected chi connectivity index (χ3v) is 6.92. The summed E-state index contributed by atoms with van der Waals surface area (Å²) in [5, 5.41) is 9.59. The van der Waals surface area contributed by atoms with Crippen LogP contribution in [0.4, 0.5) is 0 Å². The zero-order valence-corrected chi connectivity index (χ0v) is 18.3. The van der Waals surface area contributed by atoms with Gasteiger partial charge in [0, 0.05) is 49.9 Å². The lowest BCUT2D eigenvalue weighted by Gasteiger charge is -2.34. The molecule has 2 aliphatic heterocycles. The van der Waals surface area contributed by atoms with E-state index >= 15 is 0 Å². The van der Waals surface area contributed by atoms with Crippen molar-refractivity contribution in [3.8, 4) is 0 Å². The van der Waals surface area contributed by atoms with Crippen LogP contribution in [0.3, 0.4) is 0 Å². The first-order chi connectivity index (χ1) is 14.2. The van der Waals surface area contributed by atoms with E-state index in [0.29, 0.717) is 5.75 Å². The molecule has 0 atom stereocenters. The highest BCUT2D eigenvalue weighted by Gasteiger charge is 2.23. The second-order valence-corrected chi connectivity index (χ2v) is 9.19. The third-order valence-electron chi connectivity index (χ3n) is 5.68. The van der Waals surface area contributed by atoms with E-state index in [1.54, 1.807) is 11.8 Å². The molecule has 8 heteroatoms. The van der Waals surface area contributed by atoms with Crippen LogP contribution in [0.1, 0.15) is 36.5 Å². The highest BCUT2D eigenvalue weighted by molar-refractivity contribution is 7.99. The first kappa shape index (κ1) is 20.7. The van der Waals surface area contributed by atoms with Crippen LogP contribution < -0.4 is 0 Å². The molecular weight excluding hydrogens is 406 g/mol. The normalized spacial score (nSPS) is 17.8. The molecule has 3 heterocycles. The summed E-state index contributed by atoms with van der Waals surface area (Å²) >= 11 is 7.58. The number of thioether (sulfide) groups is 1. The average molecular weight is 434 g/mol. The van der Waals surface area contributed by atoms with Crippen LogP contribution in [-0.4, -0.2) is 62.4 Å². The van der Waals surface area contributed by atoms with E-state index in [0.717, 1.165) is 68.1 Å². The van der Waals surface area contributed by atoms with Crippen molar-refractivity contribution in [1.82, 2.24) is 24.6 Å². The number of carbonyl (C=O) groups is 1. The van der Waals surface area contributed by atoms with Crippen molar-refractivity contribution in [2.75, 3.05) is 31.9 Å². The van der Waals surface area contributed by atoms with Crippen LogP contribution in [0.15, 0.2) is 24.3 Å². The van der Waals surface area contributed by atoms with Crippen molar-refractivity contribution in [3.63, 3.8) is 0 Å². The van der Waals surface area contributed by atoms with Gasteiger partial charge in [0.05, 0.1) is 12.3 Å². The van der Waals surface area contributed by atoms with Crippen LogP contribution in [0.25, 0.3) is 0 Å². The van der Waals surface area contributed by atoms with Crippen molar-refractivity contribution < 1.29 is 4.79 Å². The summed E-state index contributed by atoms with van der Waals surface area (Å²) in [5.74, 6) is 3.82. The average Bonchev–Trinajstić information content (AvgIpc) is 2.96. The fourth-order valence-electron chi connectivity index (χ4n) is 3.95. The lowest BCUT2D eigenvalue weighted by Crippen LogP contribution is -2.49. The number of piperazine rings is 1. The number of rotatable bonds is 6. The Morgan fingerprint density at radius 3 is 2.59 bits per heavy atom. The summed E-state index contributed by atoms with van der Waals surface area (Å²) in [6.07, 6.45) is 4.76. The van der Waals surface area contributed by atoms with Gasteiger partial charge in [-0.25, -0.2) is 0 Å². The van der Waals surface area contributed by atoms with Crippen molar-refractivity contribution in [1.29, 1.82) is 0 Å². The first-order valence-corrected chi connectivity index (χ1v) is 12.0. The van der Waals surface area contributed by atoms with Crippen molar-refractivity contribution in [3.05, 3.63) is 46.5 Å². The third kappa shape index (κ3) is 5.53. The fourth-order valence-corrected chi connectivity index (χ4v) is 4.96. The van der Waals surface area contributed by atoms with Gasteiger partial charge >= 0.3 is 0 Å². The van der Waals surface area contributed by atoms with Gasteiger partial charge < -0.3 is 9.47 Å². The zero-order valence-electron chi connectivity index (χ0n) is 16.7. The molecule has 0 spiro atoms. The SMILES string of the molecule is O=C(CSCc1ccc(Cl)cc1)N1CCN(Cc2nnc3n2CCCCC3)CC1. The molecule has 0 bridgehead atoms. The quantitative estimate of drug-likeness (QED) is 0.700. The largest absolute Gasteiger partial charge is 0.339 e. The van der Waals surface area contributed by atoms with E-state index in [2.05, 4.69) is 19.7 Å². The number of fused-ring (bicyclic) bond motifs is 1. The minimum absolute atomic E-state index is 0.236. The molecule has 1 amide bonds. The van der Waals surface area contributed by atoms with E-state index in [9.17, 15) is 4.79 Å². The highest BCUT2D eigenvalue weighted by Crippen LogP contribution is 2.18. The fraction of sp³-hybridized carbons (Fsp3) is 0.571. The van der Waals surface area contributed by atoms with Crippen LogP contribution >= 0.6 is 23.4 Å². The molecule has 1 fully saturated rings. The van der Waals surface area contributed by atoms with Gasteiger partial charge in [-0.15, -0.1) is 22.0 Å². The molecule has 1 saturated heterocycles. The summed E-state index contributed by atoms with van der Waals surface area (Å²) in [6.45, 7) is 5.26. The first-order valence-electron chi connectivity index (χ1n) is 10.4. The summed E-state index contributed by atoms with van der Waals surface area (Å²) in [7, 11) is 0. The number of aromatic nitrogens is 3. The maximum atomic E-state index is 12.5. The molecule has 1 aromatic carbocycles. The number of hydrogen-bond acceptors (Lipinski definition) is 5. The highest BCUT2D eigenvalue weighted by atomic mass is 35.5. The Hall–Kier alpha value is -1.57.